The molecule has 2 aliphatic rings. The zero-order valence-corrected chi connectivity index (χ0v) is 25.9. The van der Waals surface area contributed by atoms with Gasteiger partial charge in [-0.05, 0) is 85.5 Å². The molecule has 2 aromatic rings. The number of carboxylic acid groups (broad SMARTS) is 1. The van der Waals surface area contributed by atoms with Gasteiger partial charge in [-0.25, -0.2) is 9.18 Å². The first kappa shape index (κ1) is 31.1. The number of amides is 2. The number of benzene rings is 2. The van der Waals surface area contributed by atoms with Crippen molar-refractivity contribution >= 4 is 51.3 Å². The van der Waals surface area contributed by atoms with Crippen LogP contribution >= 0.6 is 39.3 Å². The number of piperazine rings is 1. The van der Waals surface area contributed by atoms with Crippen molar-refractivity contribution in [3.8, 4) is 0 Å². The van der Waals surface area contributed by atoms with Crippen LogP contribution in [0.5, 0.6) is 0 Å². The summed E-state index contributed by atoms with van der Waals surface area (Å²) >= 11 is 11.4. The molecule has 0 radical (unpaired) electrons. The molecule has 0 aliphatic carbocycles. The first-order chi connectivity index (χ1) is 19.2. The number of nitrogens with zero attached hydrogens (tertiary/aromatic N) is 3. The Kier molecular flexibility index (Phi) is 11.6. The first-order valence-corrected chi connectivity index (χ1v) is 16.0. The van der Waals surface area contributed by atoms with E-state index in [9.17, 15) is 19.1 Å². The summed E-state index contributed by atoms with van der Waals surface area (Å²) in [6.07, 6.45) is 1.22. The number of carbonyl (C=O) groups excluding carboxylic acids is 1. The van der Waals surface area contributed by atoms with Crippen LogP contribution < -0.4 is 5.32 Å². The van der Waals surface area contributed by atoms with Crippen molar-refractivity contribution in [3.63, 3.8) is 0 Å². The van der Waals surface area contributed by atoms with Gasteiger partial charge in [-0.1, -0.05) is 40.5 Å². The highest BCUT2D eigenvalue weighted by atomic mass is 79.9. The van der Waals surface area contributed by atoms with Crippen LogP contribution in [0.3, 0.4) is 0 Å². The van der Waals surface area contributed by atoms with E-state index in [1.165, 1.54) is 6.07 Å². The molecule has 2 saturated heterocycles. The Morgan fingerprint density at radius 2 is 1.80 bits per heavy atom. The topological polar surface area (TPSA) is 76.1 Å². The molecule has 2 amide bonds. The molecule has 0 spiro atoms. The Balaban J connectivity index is 1.29. The molecule has 0 saturated carbocycles. The van der Waals surface area contributed by atoms with Crippen molar-refractivity contribution in [1.29, 1.82) is 0 Å². The lowest BCUT2D eigenvalue weighted by Crippen LogP contribution is -2.57. The summed E-state index contributed by atoms with van der Waals surface area (Å²) in [5.41, 5.74) is 2.25. The number of thioether (sulfide) groups is 1. The summed E-state index contributed by atoms with van der Waals surface area (Å²) in [5.74, 6) is 0.470. The standard InChI is InChI=1S/C29H37BrClFN4O3S/c1-2-40-26-18-24(32)5-3-22(26)19-35-13-15-36(16-14-35)28(37)27(33-29(38)39)20-7-10-34(11-8-20)12-9-21-17-23(31)4-6-25(21)30/h3-6,17-18,20,27,33H,2,7-16,19H2,1H3,(H,38,39). The predicted molar refractivity (Wildman–Crippen MR) is 162 cm³/mol. The molecule has 7 nitrogen and oxygen atoms in total. The molecule has 2 N–H and O–H groups in total. The van der Waals surface area contributed by atoms with Crippen LogP contribution in [0.15, 0.2) is 45.8 Å². The zero-order valence-electron chi connectivity index (χ0n) is 22.8. The lowest BCUT2D eigenvalue weighted by molar-refractivity contribution is -0.137. The highest BCUT2D eigenvalue weighted by Crippen LogP contribution is 2.27. The number of carbonyl (C=O) groups is 2. The number of hydrogen-bond acceptors (Lipinski definition) is 5. The van der Waals surface area contributed by atoms with Crippen molar-refractivity contribution in [2.45, 2.75) is 43.7 Å². The quantitative estimate of drug-likeness (QED) is 0.325. The minimum atomic E-state index is -1.16. The van der Waals surface area contributed by atoms with Gasteiger partial charge in [-0.3, -0.25) is 9.69 Å². The molecule has 40 heavy (non-hydrogen) atoms. The molecule has 0 aromatic heterocycles. The molecule has 2 heterocycles. The van der Waals surface area contributed by atoms with E-state index < -0.39 is 12.1 Å². The van der Waals surface area contributed by atoms with Gasteiger partial charge in [0.15, 0.2) is 0 Å². The van der Waals surface area contributed by atoms with E-state index in [0.717, 1.165) is 70.2 Å². The highest BCUT2D eigenvalue weighted by Gasteiger charge is 2.36. The Morgan fingerprint density at radius 1 is 1.07 bits per heavy atom. The fraction of sp³-hybridized carbons (Fsp3) is 0.517. The summed E-state index contributed by atoms with van der Waals surface area (Å²) in [7, 11) is 0. The molecule has 2 fully saturated rings. The summed E-state index contributed by atoms with van der Waals surface area (Å²) < 4.78 is 14.8. The molecule has 0 bridgehead atoms. The molecular weight excluding hydrogens is 619 g/mol. The third-order valence-corrected chi connectivity index (χ3v) is 9.75. The lowest BCUT2D eigenvalue weighted by atomic mass is 9.88. The molecular formula is C29H37BrClFN4O3S. The van der Waals surface area contributed by atoms with Gasteiger partial charge in [-0.2, -0.15) is 0 Å². The van der Waals surface area contributed by atoms with E-state index in [-0.39, 0.29) is 17.6 Å². The Labute approximate surface area is 253 Å². The molecule has 4 rings (SSSR count). The molecule has 1 atom stereocenters. The van der Waals surface area contributed by atoms with E-state index in [2.05, 4.69) is 38.0 Å². The van der Waals surface area contributed by atoms with Crippen LogP contribution in [0.4, 0.5) is 9.18 Å². The van der Waals surface area contributed by atoms with Crippen LogP contribution in [0.25, 0.3) is 0 Å². The van der Waals surface area contributed by atoms with Gasteiger partial charge in [0.1, 0.15) is 11.9 Å². The molecule has 11 heteroatoms. The van der Waals surface area contributed by atoms with Crippen molar-refractivity contribution in [2.75, 3.05) is 51.6 Å². The van der Waals surface area contributed by atoms with E-state index in [4.69, 9.17) is 11.6 Å². The number of piperidine rings is 1. The number of halogens is 3. The second kappa shape index (κ2) is 14.9. The summed E-state index contributed by atoms with van der Waals surface area (Å²) in [4.78, 5) is 32.6. The maximum absolute atomic E-state index is 13.7. The average molecular weight is 656 g/mol. The summed E-state index contributed by atoms with van der Waals surface area (Å²) in [5, 5.41) is 12.8. The van der Waals surface area contributed by atoms with Crippen molar-refractivity contribution in [1.82, 2.24) is 20.0 Å². The zero-order chi connectivity index (χ0) is 28.6. The van der Waals surface area contributed by atoms with Crippen molar-refractivity contribution in [3.05, 3.63) is 62.8 Å². The van der Waals surface area contributed by atoms with Gasteiger partial charge in [0.25, 0.3) is 0 Å². The van der Waals surface area contributed by atoms with Crippen LogP contribution in [-0.4, -0.2) is 89.4 Å². The van der Waals surface area contributed by atoms with Crippen LogP contribution in [0, 0.1) is 11.7 Å². The maximum atomic E-state index is 13.7. The van der Waals surface area contributed by atoms with Crippen molar-refractivity contribution in [2.24, 2.45) is 5.92 Å². The molecule has 2 aliphatic heterocycles. The van der Waals surface area contributed by atoms with E-state index in [1.807, 2.05) is 24.3 Å². The SMILES string of the molecule is CCSc1cc(F)ccc1CN1CCN(C(=O)C(NC(=O)O)C2CCN(CCc3cc(Cl)ccc3Br)CC2)CC1. The van der Waals surface area contributed by atoms with Gasteiger partial charge in [0, 0.05) is 53.7 Å². The van der Waals surface area contributed by atoms with Crippen LogP contribution in [-0.2, 0) is 17.8 Å². The molecule has 1 unspecified atom stereocenters. The van der Waals surface area contributed by atoms with Gasteiger partial charge in [0.2, 0.25) is 5.91 Å². The largest absolute Gasteiger partial charge is 0.465 e. The van der Waals surface area contributed by atoms with E-state index >= 15 is 0 Å². The predicted octanol–water partition coefficient (Wildman–Crippen LogP) is 5.59. The minimum Gasteiger partial charge on any atom is -0.465 e. The van der Waals surface area contributed by atoms with Gasteiger partial charge >= 0.3 is 6.09 Å². The number of nitrogens with one attached hydrogen (secondary N) is 1. The second-order valence-electron chi connectivity index (χ2n) is 10.4. The summed E-state index contributed by atoms with van der Waals surface area (Å²) in [6, 6.07) is 10.00. The van der Waals surface area contributed by atoms with Crippen LogP contribution in [0.2, 0.25) is 5.02 Å². The average Bonchev–Trinajstić information content (AvgIpc) is 2.94. The minimum absolute atomic E-state index is 0.0383. The highest BCUT2D eigenvalue weighted by molar-refractivity contribution is 9.10. The Bertz CT molecular complexity index is 1180. The smallest absolute Gasteiger partial charge is 0.405 e. The molecule has 218 valence electrons. The van der Waals surface area contributed by atoms with Gasteiger partial charge in [0.05, 0.1) is 0 Å². The normalized spacial score (nSPS) is 18.1. The van der Waals surface area contributed by atoms with E-state index in [1.54, 1.807) is 22.7 Å². The molecule has 2 aromatic carbocycles. The van der Waals surface area contributed by atoms with Gasteiger partial charge in [-0.15, -0.1) is 11.8 Å². The first-order valence-electron chi connectivity index (χ1n) is 13.8. The number of rotatable bonds is 10. The number of likely N-dealkylation sites (tertiary alicyclic amines) is 1. The maximum Gasteiger partial charge on any atom is 0.405 e. The Hall–Kier alpha value is -1.85. The number of hydrogen-bond donors (Lipinski definition) is 2. The second-order valence-corrected chi connectivity index (χ2v) is 13.0. The van der Waals surface area contributed by atoms with Gasteiger partial charge < -0.3 is 20.2 Å². The fourth-order valence-corrected chi connectivity index (χ4v) is 7.01. The van der Waals surface area contributed by atoms with E-state index in [0.29, 0.717) is 32.7 Å². The Morgan fingerprint density at radius 3 is 2.48 bits per heavy atom. The monoisotopic (exact) mass is 654 g/mol. The third-order valence-electron chi connectivity index (χ3n) is 7.76. The third kappa shape index (κ3) is 8.58. The lowest BCUT2D eigenvalue weighted by Gasteiger charge is -2.40. The van der Waals surface area contributed by atoms with Crippen LogP contribution in [0.1, 0.15) is 30.9 Å². The van der Waals surface area contributed by atoms with Crippen molar-refractivity contribution < 1.29 is 19.1 Å². The summed E-state index contributed by atoms with van der Waals surface area (Å²) in [6.45, 7) is 7.73. The fourth-order valence-electron chi connectivity index (χ4n) is 5.55.